The molecule has 2 unspecified atom stereocenters. The zero-order valence-corrected chi connectivity index (χ0v) is 19.6. The Kier molecular flexibility index (Phi) is 8.22. The number of benzene rings is 3. The molecule has 0 spiro atoms. The number of ether oxygens (including phenoxy) is 4. The minimum Gasteiger partial charge on any atom is -0.497 e. The number of hydrogen-bond acceptors (Lipinski definition) is 8. The van der Waals surface area contributed by atoms with E-state index in [1.54, 1.807) is 30.3 Å². The number of carbonyl (C=O) groups excluding carboxylic acids is 3. The van der Waals surface area contributed by atoms with Crippen LogP contribution in [0.2, 0.25) is 0 Å². The number of aliphatic hydroxyl groups is 1. The summed E-state index contributed by atoms with van der Waals surface area (Å²) in [5.74, 6) is -4.98. The highest BCUT2D eigenvalue weighted by Crippen LogP contribution is 2.37. The van der Waals surface area contributed by atoms with E-state index in [-0.39, 0.29) is 23.5 Å². The molecule has 35 heavy (non-hydrogen) atoms. The van der Waals surface area contributed by atoms with E-state index in [9.17, 15) is 19.5 Å². The van der Waals surface area contributed by atoms with Crippen LogP contribution in [-0.2, 0) is 25.7 Å². The standard InChI is InChI=1S/C27H26O8/c1-18(28)34-26(21-13-15-22(32-3)16-14-21)27(31,35-19(2)29)25(30)23-11-7-8-12-24(23)33-17-20-9-5-4-6-10-20/h4-16,26,31H,17H2,1-3H3. The first-order valence-electron chi connectivity index (χ1n) is 10.8. The molecule has 8 nitrogen and oxygen atoms in total. The van der Waals surface area contributed by atoms with Crippen molar-refractivity contribution in [3.05, 3.63) is 95.6 Å². The Labute approximate surface area is 203 Å². The third-order valence-corrected chi connectivity index (χ3v) is 5.05. The van der Waals surface area contributed by atoms with E-state index in [0.717, 1.165) is 19.4 Å². The Morgan fingerprint density at radius 3 is 2.09 bits per heavy atom. The van der Waals surface area contributed by atoms with Crippen LogP contribution in [0.1, 0.15) is 41.4 Å². The van der Waals surface area contributed by atoms with Gasteiger partial charge >= 0.3 is 17.7 Å². The van der Waals surface area contributed by atoms with Crippen LogP contribution in [-0.4, -0.2) is 35.7 Å². The minimum atomic E-state index is -2.88. The zero-order valence-electron chi connectivity index (χ0n) is 19.6. The van der Waals surface area contributed by atoms with E-state index < -0.39 is 29.6 Å². The molecule has 0 heterocycles. The second-order valence-corrected chi connectivity index (χ2v) is 7.65. The smallest absolute Gasteiger partial charge is 0.317 e. The third-order valence-electron chi connectivity index (χ3n) is 5.05. The monoisotopic (exact) mass is 478 g/mol. The number of para-hydroxylation sites is 1. The van der Waals surface area contributed by atoms with Gasteiger partial charge in [0.15, 0.2) is 6.10 Å². The Balaban J connectivity index is 2.04. The van der Waals surface area contributed by atoms with Crippen molar-refractivity contribution in [3.8, 4) is 11.5 Å². The topological polar surface area (TPSA) is 108 Å². The summed E-state index contributed by atoms with van der Waals surface area (Å²) in [7, 11) is 1.48. The molecule has 182 valence electrons. The van der Waals surface area contributed by atoms with Gasteiger partial charge in [0.1, 0.15) is 18.1 Å². The van der Waals surface area contributed by atoms with Gasteiger partial charge < -0.3 is 24.1 Å². The molecule has 0 fully saturated rings. The van der Waals surface area contributed by atoms with E-state index in [1.807, 2.05) is 30.3 Å². The molecular weight excluding hydrogens is 452 g/mol. The molecule has 3 aromatic rings. The van der Waals surface area contributed by atoms with Crippen molar-refractivity contribution in [1.82, 2.24) is 0 Å². The molecule has 0 aliphatic rings. The Morgan fingerprint density at radius 1 is 0.857 bits per heavy atom. The predicted molar refractivity (Wildman–Crippen MR) is 126 cm³/mol. The van der Waals surface area contributed by atoms with Crippen LogP contribution >= 0.6 is 0 Å². The van der Waals surface area contributed by atoms with Gasteiger partial charge in [0, 0.05) is 13.8 Å². The number of hydrogen-bond donors (Lipinski definition) is 1. The molecule has 0 radical (unpaired) electrons. The third kappa shape index (κ3) is 6.24. The van der Waals surface area contributed by atoms with E-state index >= 15 is 0 Å². The first-order valence-corrected chi connectivity index (χ1v) is 10.8. The lowest BCUT2D eigenvalue weighted by Crippen LogP contribution is -2.49. The Bertz CT molecular complexity index is 1170. The van der Waals surface area contributed by atoms with Gasteiger partial charge in [-0.15, -0.1) is 0 Å². The van der Waals surface area contributed by atoms with E-state index in [4.69, 9.17) is 18.9 Å². The van der Waals surface area contributed by atoms with Crippen molar-refractivity contribution in [2.75, 3.05) is 7.11 Å². The average molecular weight is 478 g/mol. The lowest BCUT2D eigenvalue weighted by Gasteiger charge is -2.33. The largest absolute Gasteiger partial charge is 0.497 e. The summed E-state index contributed by atoms with van der Waals surface area (Å²) < 4.78 is 21.4. The fourth-order valence-corrected chi connectivity index (χ4v) is 3.46. The predicted octanol–water partition coefficient (Wildman–Crippen LogP) is 4.01. The highest BCUT2D eigenvalue weighted by molar-refractivity contribution is 6.05. The summed E-state index contributed by atoms with van der Waals surface area (Å²) in [6, 6.07) is 21.6. The maximum Gasteiger partial charge on any atom is 0.317 e. The van der Waals surface area contributed by atoms with Crippen molar-refractivity contribution in [2.45, 2.75) is 32.3 Å². The maximum atomic E-state index is 13.7. The molecule has 0 saturated heterocycles. The van der Waals surface area contributed by atoms with E-state index in [2.05, 4.69) is 0 Å². The summed E-state index contributed by atoms with van der Waals surface area (Å²) in [6.07, 6.45) is -1.66. The molecule has 3 rings (SSSR count). The zero-order chi connectivity index (χ0) is 25.4. The second kappa shape index (κ2) is 11.3. The van der Waals surface area contributed by atoms with Gasteiger partial charge in [0.05, 0.1) is 12.7 Å². The summed E-state index contributed by atoms with van der Waals surface area (Å²) in [6.45, 7) is 2.31. The van der Waals surface area contributed by atoms with Gasteiger partial charge in [-0.1, -0.05) is 54.6 Å². The molecule has 2 atom stereocenters. The van der Waals surface area contributed by atoms with Gasteiger partial charge in [-0.25, -0.2) is 0 Å². The molecule has 8 heteroatoms. The highest BCUT2D eigenvalue weighted by atomic mass is 16.7. The highest BCUT2D eigenvalue weighted by Gasteiger charge is 2.52. The van der Waals surface area contributed by atoms with Gasteiger partial charge in [-0.05, 0) is 35.4 Å². The van der Waals surface area contributed by atoms with Crippen LogP contribution in [0.25, 0.3) is 0 Å². The number of Topliss-reactive ketones (excluding diaryl/α,β-unsaturated/α-hetero) is 1. The molecule has 0 saturated carbocycles. The SMILES string of the molecule is COc1ccc(C(OC(C)=O)C(O)(OC(C)=O)C(=O)c2ccccc2OCc2ccccc2)cc1. The lowest BCUT2D eigenvalue weighted by molar-refractivity contribution is -0.229. The Morgan fingerprint density at radius 2 is 1.49 bits per heavy atom. The van der Waals surface area contributed by atoms with Crippen LogP contribution in [0.4, 0.5) is 0 Å². The van der Waals surface area contributed by atoms with Crippen LogP contribution in [0.3, 0.4) is 0 Å². The van der Waals surface area contributed by atoms with Crippen molar-refractivity contribution in [2.24, 2.45) is 0 Å². The van der Waals surface area contributed by atoms with Gasteiger partial charge in [-0.2, -0.15) is 0 Å². The van der Waals surface area contributed by atoms with Crippen molar-refractivity contribution < 1.29 is 38.4 Å². The number of methoxy groups -OCH3 is 1. The summed E-state index contributed by atoms with van der Waals surface area (Å²) in [5.41, 5.74) is 1.01. The summed E-state index contributed by atoms with van der Waals surface area (Å²) in [4.78, 5) is 37.7. The van der Waals surface area contributed by atoms with E-state index in [0.29, 0.717) is 5.75 Å². The van der Waals surface area contributed by atoms with Crippen LogP contribution in [0.15, 0.2) is 78.9 Å². The fraction of sp³-hybridized carbons (Fsp3) is 0.222. The number of rotatable bonds is 10. The van der Waals surface area contributed by atoms with Gasteiger partial charge in [0.2, 0.25) is 5.78 Å². The molecule has 0 bridgehead atoms. The summed E-state index contributed by atoms with van der Waals surface area (Å²) >= 11 is 0. The van der Waals surface area contributed by atoms with Crippen LogP contribution in [0.5, 0.6) is 11.5 Å². The normalized spacial score (nSPS) is 13.1. The molecule has 0 amide bonds. The quantitative estimate of drug-likeness (QED) is 0.265. The first kappa shape index (κ1) is 25.5. The minimum absolute atomic E-state index is 0.0576. The number of carbonyl (C=O) groups is 3. The molecular formula is C27H26O8. The van der Waals surface area contributed by atoms with Crippen molar-refractivity contribution in [3.63, 3.8) is 0 Å². The first-order chi connectivity index (χ1) is 16.7. The summed E-state index contributed by atoms with van der Waals surface area (Å²) in [5, 5.41) is 11.5. The lowest BCUT2D eigenvalue weighted by atomic mass is 9.92. The van der Waals surface area contributed by atoms with Gasteiger partial charge in [-0.3, -0.25) is 14.4 Å². The maximum absolute atomic E-state index is 13.7. The van der Waals surface area contributed by atoms with Crippen molar-refractivity contribution in [1.29, 1.82) is 0 Å². The molecule has 0 aromatic heterocycles. The molecule has 0 aliphatic heterocycles. The molecule has 0 aliphatic carbocycles. The number of esters is 2. The van der Waals surface area contributed by atoms with Gasteiger partial charge in [0.25, 0.3) is 0 Å². The van der Waals surface area contributed by atoms with E-state index in [1.165, 1.54) is 25.3 Å². The molecule has 1 N–H and O–H groups in total. The average Bonchev–Trinajstić information content (AvgIpc) is 2.86. The second-order valence-electron chi connectivity index (χ2n) is 7.65. The fourth-order valence-electron chi connectivity index (χ4n) is 3.46. The number of ketones is 1. The van der Waals surface area contributed by atoms with Crippen molar-refractivity contribution >= 4 is 17.7 Å². The van der Waals surface area contributed by atoms with Crippen LogP contribution in [0, 0.1) is 0 Å². The van der Waals surface area contributed by atoms with Crippen LogP contribution < -0.4 is 9.47 Å². The Hall–Kier alpha value is -4.17. The molecule has 3 aromatic carbocycles.